The standard InChI is InChI=1S/C13H24N2O/c1-6-12(7-2)8-14-9(3)13-10(4)15-16-11(13)5/h9,12,14H,6-8H2,1-5H3. The molecule has 0 radical (unpaired) electrons. The molecule has 3 heteroatoms. The van der Waals surface area contributed by atoms with E-state index in [0.29, 0.717) is 6.04 Å². The zero-order valence-corrected chi connectivity index (χ0v) is 11.1. The summed E-state index contributed by atoms with van der Waals surface area (Å²) in [5.74, 6) is 1.70. The molecule has 3 nitrogen and oxygen atoms in total. The maximum Gasteiger partial charge on any atom is 0.138 e. The Bertz CT molecular complexity index is 296. The summed E-state index contributed by atoms with van der Waals surface area (Å²) in [6, 6.07) is 0.326. The maximum absolute atomic E-state index is 5.19. The van der Waals surface area contributed by atoms with Crippen molar-refractivity contribution in [3.05, 3.63) is 17.0 Å². The SMILES string of the molecule is CCC(CC)CNC(C)c1c(C)noc1C. The number of rotatable bonds is 6. The summed E-state index contributed by atoms with van der Waals surface area (Å²) in [6.45, 7) is 11.7. The second-order valence-corrected chi connectivity index (χ2v) is 4.55. The zero-order valence-electron chi connectivity index (χ0n) is 11.1. The number of nitrogens with zero attached hydrogens (tertiary/aromatic N) is 1. The Balaban J connectivity index is 2.55. The van der Waals surface area contributed by atoms with Gasteiger partial charge < -0.3 is 9.84 Å². The van der Waals surface area contributed by atoms with Crippen LogP contribution < -0.4 is 5.32 Å². The van der Waals surface area contributed by atoms with Gasteiger partial charge in [0.15, 0.2) is 0 Å². The van der Waals surface area contributed by atoms with Gasteiger partial charge in [0.2, 0.25) is 0 Å². The highest BCUT2D eigenvalue weighted by Crippen LogP contribution is 2.21. The topological polar surface area (TPSA) is 38.1 Å². The van der Waals surface area contributed by atoms with Crippen LogP contribution in [0.2, 0.25) is 0 Å². The Morgan fingerprint density at radius 1 is 1.25 bits per heavy atom. The van der Waals surface area contributed by atoms with Crippen LogP contribution in [0, 0.1) is 19.8 Å². The number of aromatic nitrogens is 1. The minimum absolute atomic E-state index is 0.326. The normalized spacial score (nSPS) is 13.4. The Kier molecular flexibility index (Phi) is 5.00. The highest BCUT2D eigenvalue weighted by atomic mass is 16.5. The molecule has 1 heterocycles. The minimum atomic E-state index is 0.326. The van der Waals surface area contributed by atoms with E-state index in [-0.39, 0.29) is 0 Å². The van der Waals surface area contributed by atoms with Crippen molar-refractivity contribution in [1.29, 1.82) is 0 Å². The van der Waals surface area contributed by atoms with Crippen LogP contribution in [0.1, 0.15) is 56.7 Å². The number of hydrogen-bond acceptors (Lipinski definition) is 3. The van der Waals surface area contributed by atoms with Crippen LogP contribution in [0.5, 0.6) is 0 Å². The van der Waals surface area contributed by atoms with E-state index in [1.165, 1.54) is 18.4 Å². The monoisotopic (exact) mass is 224 g/mol. The molecule has 0 bridgehead atoms. The lowest BCUT2D eigenvalue weighted by atomic mass is 10.0. The van der Waals surface area contributed by atoms with Crippen LogP contribution in [-0.2, 0) is 0 Å². The average Bonchev–Trinajstić information content (AvgIpc) is 2.60. The van der Waals surface area contributed by atoms with E-state index in [1.54, 1.807) is 0 Å². The van der Waals surface area contributed by atoms with Gasteiger partial charge in [-0.05, 0) is 33.2 Å². The van der Waals surface area contributed by atoms with E-state index in [1.807, 2.05) is 13.8 Å². The van der Waals surface area contributed by atoms with Gasteiger partial charge in [0.05, 0.1) is 5.69 Å². The van der Waals surface area contributed by atoms with Crippen molar-refractivity contribution in [3.8, 4) is 0 Å². The molecular formula is C13H24N2O. The first-order valence-electron chi connectivity index (χ1n) is 6.26. The van der Waals surface area contributed by atoms with Gasteiger partial charge in [-0.3, -0.25) is 0 Å². The summed E-state index contributed by atoms with van der Waals surface area (Å²) in [7, 11) is 0. The number of nitrogens with one attached hydrogen (secondary N) is 1. The summed E-state index contributed by atoms with van der Waals surface area (Å²) in [6.07, 6.45) is 2.47. The fourth-order valence-electron chi connectivity index (χ4n) is 2.13. The summed E-state index contributed by atoms with van der Waals surface area (Å²) in [5, 5.41) is 7.56. The van der Waals surface area contributed by atoms with Crippen LogP contribution in [0.3, 0.4) is 0 Å². The molecule has 0 spiro atoms. The predicted octanol–water partition coefficient (Wildman–Crippen LogP) is 3.38. The van der Waals surface area contributed by atoms with Gasteiger partial charge in [0.1, 0.15) is 5.76 Å². The van der Waals surface area contributed by atoms with Crippen molar-refractivity contribution in [1.82, 2.24) is 10.5 Å². The highest BCUT2D eigenvalue weighted by Gasteiger charge is 2.16. The first kappa shape index (κ1) is 13.2. The molecule has 1 aromatic rings. The first-order valence-corrected chi connectivity index (χ1v) is 6.26. The lowest BCUT2D eigenvalue weighted by Gasteiger charge is -2.18. The molecule has 0 aromatic carbocycles. The quantitative estimate of drug-likeness (QED) is 0.805. The molecule has 0 amide bonds. The molecule has 0 saturated carbocycles. The smallest absolute Gasteiger partial charge is 0.138 e. The second kappa shape index (κ2) is 6.04. The summed E-state index contributed by atoms with van der Waals surface area (Å²) >= 11 is 0. The molecule has 0 fully saturated rings. The lowest BCUT2D eigenvalue weighted by molar-refractivity contribution is 0.387. The summed E-state index contributed by atoms with van der Waals surface area (Å²) in [4.78, 5) is 0. The fourth-order valence-corrected chi connectivity index (χ4v) is 2.13. The van der Waals surface area contributed by atoms with Gasteiger partial charge in [-0.15, -0.1) is 0 Å². The molecule has 0 saturated heterocycles. The van der Waals surface area contributed by atoms with Crippen LogP contribution in [-0.4, -0.2) is 11.7 Å². The third-order valence-electron chi connectivity index (χ3n) is 3.39. The number of hydrogen-bond donors (Lipinski definition) is 1. The van der Waals surface area contributed by atoms with Crippen molar-refractivity contribution < 1.29 is 4.52 Å². The van der Waals surface area contributed by atoms with Crippen LogP contribution in [0.15, 0.2) is 4.52 Å². The lowest BCUT2D eigenvalue weighted by Crippen LogP contribution is -2.25. The molecule has 92 valence electrons. The van der Waals surface area contributed by atoms with Crippen molar-refractivity contribution >= 4 is 0 Å². The first-order chi connectivity index (χ1) is 7.60. The van der Waals surface area contributed by atoms with E-state index >= 15 is 0 Å². The second-order valence-electron chi connectivity index (χ2n) is 4.55. The molecule has 0 aliphatic heterocycles. The van der Waals surface area contributed by atoms with Gasteiger partial charge in [-0.2, -0.15) is 0 Å². The van der Waals surface area contributed by atoms with Gasteiger partial charge in [0.25, 0.3) is 0 Å². The Morgan fingerprint density at radius 2 is 1.88 bits per heavy atom. The Morgan fingerprint density at radius 3 is 2.31 bits per heavy atom. The van der Waals surface area contributed by atoms with Crippen LogP contribution in [0.4, 0.5) is 0 Å². The minimum Gasteiger partial charge on any atom is -0.361 e. The molecule has 1 atom stereocenters. The summed E-state index contributed by atoms with van der Waals surface area (Å²) < 4.78 is 5.19. The molecule has 0 aliphatic carbocycles. The predicted molar refractivity (Wildman–Crippen MR) is 66.5 cm³/mol. The molecule has 1 aromatic heterocycles. The van der Waals surface area contributed by atoms with Crippen molar-refractivity contribution in [2.75, 3.05) is 6.54 Å². The molecule has 1 N–H and O–H groups in total. The maximum atomic E-state index is 5.19. The highest BCUT2D eigenvalue weighted by molar-refractivity contribution is 5.24. The zero-order chi connectivity index (χ0) is 12.1. The van der Waals surface area contributed by atoms with E-state index in [9.17, 15) is 0 Å². The fraction of sp³-hybridized carbons (Fsp3) is 0.769. The number of aryl methyl sites for hydroxylation is 2. The summed E-state index contributed by atoms with van der Waals surface area (Å²) in [5.41, 5.74) is 2.22. The Hall–Kier alpha value is -0.830. The molecule has 16 heavy (non-hydrogen) atoms. The third kappa shape index (κ3) is 3.08. The van der Waals surface area contributed by atoms with E-state index in [4.69, 9.17) is 4.52 Å². The van der Waals surface area contributed by atoms with E-state index in [2.05, 4.69) is 31.2 Å². The third-order valence-corrected chi connectivity index (χ3v) is 3.39. The van der Waals surface area contributed by atoms with Crippen LogP contribution in [0.25, 0.3) is 0 Å². The molecule has 0 aliphatic rings. The molecule has 1 rings (SSSR count). The van der Waals surface area contributed by atoms with E-state index in [0.717, 1.165) is 23.9 Å². The van der Waals surface area contributed by atoms with E-state index < -0.39 is 0 Å². The van der Waals surface area contributed by atoms with Gasteiger partial charge >= 0.3 is 0 Å². The van der Waals surface area contributed by atoms with Crippen molar-refractivity contribution in [3.63, 3.8) is 0 Å². The van der Waals surface area contributed by atoms with Gasteiger partial charge in [0, 0.05) is 11.6 Å². The van der Waals surface area contributed by atoms with Gasteiger partial charge in [-0.1, -0.05) is 31.8 Å². The van der Waals surface area contributed by atoms with Gasteiger partial charge in [-0.25, -0.2) is 0 Å². The Labute approximate surface area is 98.6 Å². The largest absolute Gasteiger partial charge is 0.361 e. The van der Waals surface area contributed by atoms with Crippen molar-refractivity contribution in [2.24, 2.45) is 5.92 Å². The van der Waals surface area contributed by atoms with Crippen LogP contribution >= 0.6 is 0 Å². The average molecular weight is 224 g/mol. The van der Waals surface area contributed by atoms with Crippen molar-refractivity contribution in [2.45, 2.75) is 53.5 Å². The molecular weight excluding hydrogens is 200 g/mol. The molecule has 1 unspecified atom stereocenters.